The number of nitrogens with zero attached hydrogens (tertiary/aromatic N) is 1. The van der Waals surface area contributed by atoms with Crippen molar-refractivity contribution in [2.75, 3.05) is 26.8 Å². The second-order valence-corrected chi connectivity index (χ2v) is 7.11. The molecule has 1 fully saturated rings. The summed E-state index contributed by atoms with van der Waals surface area (Å²) in [4.78, 5) is 16.0. The molecule has 1 amide bonds. The van der Waals surface area contributed by atoms with Crippen LogP contribution in [0, 0.1) is 0 Å². The lowest BCUT2D eigenvalue weighted by molar-refractivity contribution is -0.0733. The van der Waals surface area contributed by atoms with Gasteiger partial charge in [0.2, 0.25) is 0 Å². The molecule has 4 nitrogen and oxygen atoms in total. The number of carbonyl (C=O) groups is 1. The molecule has 1 aliphatic rings. The second-order valence-electron chi connectivity index (χ2n) is 6.03. The van der Waals surface area contributed by atoms with Crippen molar-refractivity contribution >= 4 is 17.2 Å². The smallest absolute Gasteiger partial charge is 0.263 e. The minimum absolute atomic E-state index is 0.0444. The van der Waals surface area contributed by atoms with Gasteiger partial charge in [-0.05, 0) is 17.7 Å². The van der Waals surface area contributed by atoms with Crippen LogP contribution in [0.15, 0.2) is 42.5 Å². The number of benzene rings is 1. The van der Waals surface area contributed by atoms with E-state index < -0.39 is 5.60 Å². The Labute approximate surface area is 140 Å². The summed E-state index contributed by atoms with van der Waals surface area (Å²) in [5.41, 5.74) is 0.282. The van der Waals surface area contributed by atoms with E-state index >= 15 is 0 Å². The van der Waals surface area contributed by atoms with E-state index in [1.165, 1.54) is 11.3 Å². The highest BCUT2D eigenvalue weighted by Crippen LogP contribution is 2.29. The Hall–Kier alpha value is -1.69. The molecule has 0 unspecified atom stereocenters. The van der Waals surface area contributed by atoms with Crippen molar-refractivity contribution in [2.24, 2.45) is 0 Å². The number of carbonyl (C=O) groups excluding carboxylic acids is 1. The highest BCUT2D eigenvalue weighted by molar-refractivity contribution is 7.17. The molecule has 2 heterocycles. The van der Waals surface area contributed by atoms with Gasteiger partial charge in [-0.3, -0.25) is 4.79 Å². The molecule has 1 aromatic heterocycles. The summed E-state index contributed by atoms with van der Waals surface area (Å²) in [7, 11) is 1.75. The zero-order chi connectivity index (χ0) is 16.3. The first kappa shape index (κ1) is 16.2. The van der Waals surface area contributed by atoms with E-state index in [2.05, 4.69) is 0 Å². The number of rotatable bonds is 4. The molecule has 23 heavy (non-hydrogen) atoms. The van der Waals surface area contributed by atoms with Crippen LogP contribution in [0.25, 0.3) is 10.4 Å². The Morgan fingerprint density at radius 3 is 2.61 bits per heavy atom. The number of hydrogen-bond acceptors (Lipinski definition) is 4. The molecule has 1 aliphatic heterocycles. The topological polar surface area (TPSA) is 49.8 Å². The van der Waals surface area contributed by atoms with E-state index in [0.717, 1.165) is 10.4 Å². The first-order valence-electron chi connectivity index (χ1n) is 7.78. The normalized spacial score (nSPS) is 17.0. The van der Waals surface area contributed by atoms with Crippen molar-refractivity contribution in [1.29, 1.82) is 0 Å². The quantitative estimate of drug-likeness (QED) is 0.937. The highest BCUT2D eigenvalue weighted by atomic mass is 32.1. The molecule has 3 rings (SSSR count). The van der Waals surface area contributed by atoms with Gasteiger partial charge >= 0.3 is 0 Å². The molecule has 1 aromatic carbocycles. The predicted octanol–water partition coefficient (Wildman–Crippen LogP) is 3.03. The van der Waals surface area contributed by atoms with Gasteiger partial charge in [-0.1, -0.05) is 30.3 Å². The van der Waals surface area contributed by atoms with Gasteiger partial charge in [-0.2, -0.15) is 0 Å². The van der Waals surface area contributed by atoms with E-state index in [1.807, 2.05) is 42.5 Å². The first-order chi connectivity index (χ1) is 11.1. The number of ether oxygens (including phenoxy) is 1. The van der Waals surface area contributed by atoms with Gasteiger partial charge in [0.1, 0.15) is 0 Å². The Kier molecular flexibility index (Phi) is 4.80. The number of aliphatic hydroxyl groups is 1. The molecule has 0 atom stereocenters. The molecule has 0 spiro atoms. The highest BCUT2D eigenvalue weighted by Gasteiger charge is 2.32. The van der Waals surface area contributed by atoms with E-state index in [-0.39, 0.29) is 5.91 Å². The standard InChI is InChI=1S/C18H21NO3S/c1-19(13-18(21)9-11-22-12-10-18)17(20)16-8-7-15(23-16)14-5-3-2-4-6-14/h2-8,21H,9-13H2,1H3. The van der Waals surface area contributed by atoms with Crippen LogP contribution in [0.5, 0.6) is 0 Å². The zero-order valence-electron chi connectivity index (χ0n) is 13.2. The molecular weight excluding hydrogens is 310 g/mol. The van der Waals surface area contributed by atoms with Gasteiger partial charge in [0.05, 0.1) is 10.5 Å². The van der Waals surface area contributed by atoms with Crippen LogP contribution in [0.1, 0.15) is 22.5 Å². The van der Waals surface area contributed by atoms with Crippen LogP contribution in [-0.4, -0.2) is 48.3 Å². The van der Waals surface area contributed by atoms with Crippen LogP contribution < -0.4 is 0 Å². The summed E-state index contributed by atoms with van der Waals surface area (Å²) >= 11 is 1.49. The second kappa shape index (κ2) is 6.83. The third-order valence-electron chi connectivity index (χ3n) is 4.18. The van der Waals surface area contributed by atoms with Crippen LogP contribution >= 0.6 is 11.3 Å². The summed E-state index contributed by atoms with van der Waals surface area (Å²) in [6.07, 6.45) is 1.15. The van der Waals surface area contributed by atoms with Gasteiger partial charge in [0.15, 0.2) is 0 Å². The van der Waals surface area contributed by atoms with Crippen LogP contribution in [0.4, 0.5) is 0 Å². The molecule has 122 valence electrons. The number of thiophene rings is 1. The van der Waals surface area contributed by atoms with Crippen molar-refractivity contribution in [3.05, 3.63) is 47.3 Å². The molecule has 0 bridgehead atoms. The Balaban J connectivity index is 1.69. The molecule has 5 heteroatoms. The van der Waals surface area contributed by atoms with E-state index in [1.54, 1.807) is 11.9 Å². The van der Waals surface area contributed by atoms with Crippen LogP contribution in [0.3, 0.4) is 0 Å². The Morgan fingerprint density at radius 2 is 1.91 bits per heavy atom. The summed E-state index contributed by atoms with van der Waals surface area (Å²) in [5, 5.41) is 10.6. The molecule has 0 saturated carbocycles. The Morgan fingerprint density at radius 1 is 1.22 bits per heavy atom. The number of amides is 1. The minimum atomic E-state index is -0.831. The van der Waals surface area contributed by atoms with Gasteiger partial charge in [0.25, 0.3) is 5.91 Å². The Bertz CT molecular complexity index is 662. The van der Waals surface area contributed by atoms with Gasteiger partial charge in [-0.15, -0.1) is 11.3 Å². The predicted molar refractivity (Wildman–Crippen MR) is 91.7 cm³/mol. The van der Waals surface area contributed by atoms with Crippen LogP contribution in [0.2, 0.25) is 0 Å². The average Bonchev–Trinajstić information content (AvgIpc) is 3.05. The fourth-order valence-electron chi connectivity index (χ4n) is 2.82. The lowest BCUT2D eigenvalue weighted by atomic mass is 9.94. The number of hydrogen-bond donors (Lipinski definition) is 1. The van der Waals surface area contributed by atoms with E-state index in [0.29, 0.717) is 37.5 Å². The van der Waals surface area contributed by atoms with E-state index in [9.17, 15) is 9.90 Å². The molecule has 0 radical (unpaired) electrons. The minimum Gasteiger partial charge on any atom is -0.388 e. The summed E-state index contributed by atoms with van der Waals surface area (Å²) in [6.45, 7) is 1.44. The van der Waals surface area contributed by atoms with Crippen molar-refractivity contribution in [3.8, 4) is 10.4 Å². The molecule has 1 saturated heterocycles. The number of likely N-dealkylation sites (N-methyl/N-ethyl adjacent to an activating group) is 1. The lowest BCUT2D eigenvalue weighted by Gasteiger charge is -2.35. The van der Waals surface area contributed by atoms with Crippen molar-refractivity contribution < 1.29 is 14.6 Å². The van der Waals surface area contributed by atoms with Crippen LogP contribution in [-0.2, 0) is 4.74 Å². The van der Waals surface area contributed by atoms with Crippen molar-refractivity contribution in [1.82, 2.24) is 4.90 Å². The molecule has 2 aromatic rings. The molecular formula is C18H21NO3S. The molecule has 1 N–H and O–H groups in total. The van der Waals surface area contributed by atoms with Gasteiger partial charge < -0.3 is 14.7 Å². The average molecular weight is 331 g/mol. The fraction of sp³-hybridized carbons (Fsp3) is 0.389. The maximum Gasteiger partial charge on any atom is 0.263 e. The van der Waals surface area contributed by atoms with Gasteiger partial charge in [-0.25, -0.2) is 0 Å². The maximum absolute atomic E-state index is 12.6. The van der Waals surface area contributed by atoms with Crippen molar-refractivity contribution in [2.45, 2.75) is 18.4 Å². The van der Waals surface area contributed by atoms with Gasteiger partial charge in [0, 0.05) is 44.5 Å². The third-order valence-corrected chi connectivity index (χ3v) is 5.30. The third kappa shape index (κ3) is 3.80. The summed E-state index contributed by atoms with van der Waals surface area (Å²) in [6, 6.07) is 13.9. The fourth-order valence-corrected chi connectivity index (χ4v) is 3.83. The lowest BCUT2D eigenvalue weighted by Crippen LogP contribution is -2.47. The SMILES string of the molecule is CN(CC1(O)CCOCC1)C(=O)c1ccc(-c2ccccc2)s1. The monoisotopic (exact) mass is 331 g/mol. The first-order valence-corrected chi connectivity index (χ1v) is 8.60. The summed E-state index contributed by atoms with van der Waals surface area (Å²) in [5.74, 6) is -0.0444. The summed E-state index contributed by atoms with van der Waals surface area (Å²) < 4.78 is 5.28. The zero-order valence-corrected chi connectivity index (χ0v) is 14.0. The maximum atomic E-state index is 12.6. The van der Waals surface area contributed by atoms with E-state index in [4.69, 9.17) is 4.74 Å². The van der Waals surface area contributed by atoms with Crippen molar-refractivity contribution in [3.63, 3.8) is 0 Å². The largest absolute Gasteiger partial charge is 0.388 e. The molecule has 0 aliphatic carbocycles.